The topological polar surface area (TPSA) is 103 Å². The van der Waals surface area contributed by atoms with Crippen LogP contribution in [-0.4, -0.2) is 96.9 Å². The van der Waals surface area contributed by atoms with Gasteiger partial charge in [-0.05, 0) is 104 Å². The Hall–Kier alpha value is -4.93. The number of rotatable bonds is 7. The monoisotopic (exact) mass is 753 g/mol. The first-order valence-electron chi connectivity index (χ1n) is 19.5. The number of piperazine rings is 1. The number of anilines is 2. The van der Waals surface area contributed by atoms with E-state index in [4.69, 9.17) is 5.26 Å². The van der Waals surface area contributed by atoms with E-state index in [1.807, 2.05) is 17.0 Å². The van der Waals surface area contributed by atoms with Crippen LogP contribution in [0.25, 0.3) is 0 Å². The number of piperidine rings is 3. The maximum Gasteiger partial charge on any atom is 0.417 e. The van der Waals surface area contributed by atoms with Crippen LogP contribution in [0.15, 0.2) is 60.7 Å². The predicted molar refractivity (Wildman–Crippen MR) is 201 cm³/mol. The van der Waals surface area contributed by atoms with E-state index in [-0.39, 0.29) is 29.7 Å². The summed E-state index contributed by atoms with van der Waals surface area (Å²) in [5.41, 5.74) is 4.56. The number of nitrogens with one attached hydrogen (secondary N) is 1. The molecule has 0 bridgehead atoms. The maximum absolute atomic E-state index is 13.5. The average molecular weight is 754 g/mol. The number of hydrogen-bond donors (Lipinski definition) is 1. The molecule has 1 unspecified atom stereocenters. The molecule has 5 heterocycles. The van der Waals surface area contributed by atoms with Crippen LogP contribution in [0.4, 0.5) is 24.5 Å². The van der Waals surface area contributed by atoms with Gasteiger partial charge in [-0.3, -0.25) is 29.5 Å². The molecular weight excluding hydrogens is 708 g/mol. The second-order valence-corrected chi connectivity index (χ2v) is 15.6. The second kappa shape index (κ2) is 15.3. The van der Waals surface area contributed by atoms with Crippen molar-refractivity contribution in [1.29, 1.82) is 5.26 Å². The number of imide groups is 1. The third-order valence-electron chi connectivity index (χ3n) is 12.4. The van der Waals surface area contributed by atoms with Crippen molar-refractivity contribution < 1.29 is 27.6 Å². The number of alkyl halides is 3. The van der Waals surface area contributed by atoms with Crippen LogP contribution >= 0.6 is 0 Å². The fourth-order valence-electron chi connectivity index (χ4n) is 9.23. The molecule has 13 heteroatoms. The Bertz CT molecular complexity index is 1970. The largest absolute Gasteiger partial charge is 0.417 e. The summed E-state index contributed by atoms with van der Waals surface area (Å²) in [7, 11) is 0. The van der Waals surface area contributed by atoms with E-state index in [0.29, 0.717) is 49.3 Å². The Morgan fingerprint density at radius 3 is 2.11 bits per heavy atom. The molecule has 55 heavy (non-hydrogen) atoms. The number of fused-ring (bicyclic) bond motifs is 1. The van der Waals surface area contributed by atoms with Gasteiger partial charge in [0.1, 0.15) is 6.04 Å². The van der Waals surface area contributed by atoms with E-state index in [0.717, 1.165) is 88.8 Å². The van der Waals surface area contributed by atoms with Crippen LogP contribution in [0.3, 0.4) is 0 Å². The summed E-state index contributed by atoms with van der Waals surface area (Å²) in [5.74, 6) is -0.449. The zero-order chi connectivity index (χ0) is 38.3. The van der Waals surface area contributed by atoms with Crippen LogP contribution in [0.5, 0.6) is 0 Å². The molecule has 0 spiro atoms. The number of carbonyl (C=O) groups is 3. The highest BCUT2D eigenvalue weighted by Crippen LogP contribution is 2.37. The summed E-state index contributed by atoms with van der Waals surface area (Å²) in [5, 5.41) is 11.5. The SMILES string of the molecule is N#Cc1ccc(N2CCC(c3ccc(CN4CCC(N5CCN(c6ccc7c(c6)CN(C6CCC(=O)NC6=O)C7=O)CC5)CC4)cc3)CC2)cc1C(F)(F)F. The van der Waals surface area contributed by atoms with Crippen LogP contribution in [0.1, 0.15) is 82.6 Å². The molecule has 3 amide bonds. The molecule has 288 valence electrons. The predicted octanol–water partition coefficient (Wildman–Crippen LogP) is 5.51. The average Bonchev–Trinajstić information content (AvgIpc) is 3.52. The van der Waals surface area contributed by atoms with Gasteiger partial charge >= 0.3 is 6.18 Å². The molecule has 0 saturated carbocycles. The number of nitriles is 1. The van der Waals surface area contributed by atoms with Crippen molar-refractivity contribution in [3.63, 3.8) is 0 Å². The quantitative estimate of drug-likeness (QED) is 0.316. The zero-order valence-electron chi connectivity index (χ0n) is 30.9. The number of likely N-dealkylation sites (tertiary alicyclic amines) is 1. The Balaban J connectivity index is 0.774. The van der Waals surface area contributed by atoms with Gasteiger partial charge in [-0.15, -0.1) is 0 Å². The van der Waals surface area contributed by atoms with Crippen molar-refractivity contribution >= 4 is 29.1 Å². The van der Waals surface area contributed by atoms with E-state index in [2.05, 4.69) is 50.3 Å². The molecule has 1 atom stereocenters. The molecule has 10 nitrogen and oxygen atoms in total. The molecule has 4 saturated heterocycles. The van der Waals surface area contributed by atoms with Crippen molar-refractivity contribution in [2.45, 2.75) is 75.8 Å². The Morgan fingerprint density at radius 1 is 0.764 bits per heavy atom. The zero-order valence-corrected chi connectivity index (χ0v) is 30.9. The fraction of sp³-hybridized carbons (Fsp3) is 0.476. The normalized spacial score (nSPS) is 22.2. The van der Waals surface area contributed by atoms with Gasteiger partial charge in [0.05, 0.1) is 17.2 Å². The van der Waals surface area contributed by atoms with Crippen molar-refractivity contribution in [3.05, 3.63) is 94.0 Å². The molecular formula is C42H46F3N7O3. The van der Waals surface area contributed by atoms with E-state index in [1.54, 1.807) is 17.0 Å². The van der Waals surface area contributed by atoms with Gasteiger partial charge in [-0.25, -0.2) is 0 Å². The Morgan fingerprint density at radius 2 is 1.44 bits per heavy atom. The third-order valence-corrected chi connectivity index (χ3v) is 12.4. The maximum atomic E-state index is 13.5. The lowest BCUT2D eigenvalue weighted by Gasteiger charge is -2.43. The smallest absolute Gasteiger partial charge is 0.371 e. The minimum absolute atomic E-state index is 0.143. The van der Waals surface area contributed by atoms with Crippen molar-refractivity contribution in [2.24, 2.45) is 0 Å². The van der Waals surface area contributed by atoms with Crippen LogP contribution < -0.4 is 15.1 Å². The summed E-state index contributed by atoms with van der Waals surface area (Å²) in [6.07, 6.45) is 0.0501. The van der Waals surface area contributed by atoms with Gasteiger partial charge in [0.2, 0.25) is 11.8 Å². The lowest BCUT2D eigenvalue weighted by Crippen LogP contribution is -2.53. The molecule has 0 aromatic heterocycles. The lowest BCUT2D eigenvalue weighted by atomic mass is 9.88. The Labute approximate surface area is 319 Å². The lowest BCUT2D eigenvalue weighted by molar-refractivity contribution is -0.138. The molecule has 3 aromatic carbocycles. The van der Waals surface area contributed by atoms with Gasteiger partial charge in [-0.2, -0.15) is 18.4 Å². The van der Waals surface area contributed by atoms with E-state index in [9.17, 15) is 27.6 Å². The standard InChI is InChI=1S/C42H46F3N7O3/c43-42(44,45)37-24-35(6-5-31(37)25-46)49-17-11-30(12-18-49)29-3-1-28(2-4-29)26-48-15-13-33(14-16-48)50-19-21-51(22-20-50)34-7-8-36-32(23-34)27-52(41(36)55)38-9-10-39(53)47-40(38)54/h1-8,23-24,30,33,38H,9-22,26-27H2,(H,47,53,54). The number of benzene rings is 3. The highest BCUT2D eigenvalue weighted by Gasteiger charge is 2.40. The van der Waals surface area contributed by atoms with Crippen molar-refractivity contribution in [2.75, 3.05) is 62.2 Å². The van der Waals surface area contributed by atoms with Gasteiger partial charge in [0.25, 0.3) is 5.91 Å². The summed E-state index contributed by atoms with van der Waals surface area (Å²) < 4.78 is 40.5. The third kappa shape index (κ3) is 7.80. The van der Waals surface area contributed by atoms with Crippen LogP contribution in [0, 0.1) is 11.3 Å². The number of nitrogens with zero attached hydrogens (tertiary/aromatic N) is 6. The van der Waals surface area contributed by atoms with Crippen molar-refractivity contribution in [3.8, 4) is 6.07 Å². The van der Waals surface area contributed by atoms with E-state index >= 15 is 0 Å². The Kier molecular flexibility index (Phi) is 10.3. The van der Waals surface area contributed by atoms with Crippen LogP contribution in [0.2, 0.25) is 0 Å². The van der Waals surface area contributed by atoms with Gasteiger partial charge in [-0.1, -0.05) is 24.3 Å². The molecule has 0 aliphatic carbocycles. The minimum atomic E-state index is -4.56. The molecule has 8 rings (SSSR count). The summed E-state index contributed by atoms with van der Waals surface area (Å²) in [4.78, 5) is 48.3. The highest BCUT2D eigenvalue weighted by molar-refractivity contribution is 6.05. The van der Waals surface area contributed by atoms with Crippen LogP contribution in [-0.2, 0) is 28.9 Å². The summed E-state index contributed by atoms with van der Waals surface area (Å²) >= 11 is 0. The van der Waals surface area contributed by atoms with Gasteiger partial charge < -0.3 is 14.7 Å². The second-order valence-electron chi connectivity index (χ2n) is 15.6. The van der Waals surface area contributed by atoms with E-state index in [1.165, 1.54) is 17.2 Å². The molecule has 3 aromatic rings. The molecule has 5 aliphatic heterocycles. The fourth-order valence-corrected chi connectivity index (χ4v) is 9.23. The molecule has 1 N–H and O–H groups in total. The first-order chi connectivity index (χ1) is 26.5. The van der Waals surface area contributed by atoms with Crippen molar-refractivity contribution in [1.82, 2.24) is 20.0 Å². The summed E-state index contributed by atoms with van der Waals surface area (Å²) in [6, 6.07) is 20.5. The van der Waals surface area contributed by atoms with E-state index < -0.39 is 17.8 Å². The number of carbonyl (C=O) groups excluding carboxylic acids is 3. The number of hydrogen-bond acceptors (Lipinski definition) is 8. The number of amides is 3. The minimum Gasteiger partial charge on any atom is -0.371 e. The first-order valence-corrected chi connectivity index (χ1v) is 19.5. The highest BCUT2D eigenvalue weighted by atomic mass is 19.4. The number of halogens is 3. The van der Waals surface area contributed by atoms with Gasteiger partial charge in [0, 0.05) is 81.8 Å². The molecule has 0 radical (unpaired) electrons. The summed E-state index contributed by atoms with van der Waals surface area (Å²) in [6.45, 7) is 8.58. The first kappa shape index (κ1) is 37.0. The van der Waals surface area contributed by atoms with Gasteiger partial charge in [0.15, 0.2) is 0 Å². The molecule has 4 fully saturated rings. The molecule has 5 aliphatic rings.